The Morgan fingerprint density at radius 2 is 1.55 bits per heavy atom. The Hall–Kier alpha value is -2.16. The predicted molar refractivity (Wildman–Crippen MR) is 82.3 cm³/mol. The number of benzene rings is 2. The molecular formula is C17H21NO2. The average molecular weight is 271 g/mol. The molecule has 0 saturated heterocycles. The Kier molecular flexibility index (Phi) is 5.30. The first-order valence-electron chi connectivity index (χ1n) is 6.98. The van der Waals surface area contributed by atoms with E-state index in [0.717, 1.165) is 30.0 Å². The van der Waals surface area contributed by atoms with Gasteiger partial charge in [0.2, 0.25) is 0 Å². The maximum Gasteiger partial charge on any atom is 0.121 e. The zero-order valence-electron chi connectivity index (χ0n) is 11.8. The molecule has 0 bridgehead atoms. The Bertz CT molecular complexity index is 540. The number of anilines is 1. The highest BCUT2D eigenvalue weighted by molar-refractivity contribution is 5.43. The van der Waals surface area contributed by atoms with E-state index in [9.17, 15) is 0 Å². The van der Waals surface area contributed by atoms with Gasteiger partial charge in [-0.15, -0.1) is 0 Å². The molecule has 0 saturated carbocycles. The van der Waals surface area contributed by atoms with Gasteiger partial charge in [0, 0.05) is 18.2 Å². The van der Waals surface area contributed by atoms with Gasteiger partial charge in [0.05, 0.1) is 13.2 Å². The van der Waals surface area contributed by atoms with Gasteiger partial charge in [-0.1, -0.05) is 25.1 Å². The fourth-order valence-electron chi connectivity index (χ4n) is 1.90. The standard InChI is InChI=1S/C17H21NO2/c1-2-14-6-3-8-16(12-14)19-10-5-11-20-17-9-4-7-15(18)13-17/h3-4,6-9,12-13H,2,5,10-11,18H2,1H3. The van der Waals surface area contributed by atoms with Gasteiger partial charge in [-0.05, 0) is 36.2 Å². The number of nitrogens with two attached hydrogens (primary N) is 1. The lowest BCUT2D eigenvalue weighted by atomic mass is 10.2. The van der Waals surface area contributed by atoms with Crippen molar-refractivity contribution < 1.29 is 9.47 Å². The van der Waals surface area contributed by atoms with E-state index in [2.05, 4.69) is 19.1 Å². The highest BCUT2D eigenvalue weighted by Crippen LogP contribution is 2.15. The summed E-state index contributed by atoms with van der Waals surface area (Å²) in [6, 6.07) is 15.7. The fourth-order valence-corrected chi connectivity index (χ4v) is 1.90. The molecule has 0 heterocycles. The van der Waals surface area contributed by atoms with Crippen LogP contribution in [0, 0.1) is 0 Å². The molecule has 0 aromatic heterocycles. The van der Waals surface area contributed by atoms with Crippen LogP contribution in [0.1, 0.15) is 18.9 Å². The first kappa shape index (κ1) is 14.3. The number of nitrogen functional groups attached to an aromatic ring is 1. The smallest absolute Gasteiger partial charge is 0.121 e. The molecule has 2 N–H and O–H groups in total. The summed E-state index contributed by atoms with van der Waals surface area (Å²) < 4.78 is 11.3. The normalized spacial score (nSPS) is 10.2. The molecular weight excluding hydrogens is 250 g/mol. The molecule has 2 aromatic carbocycles. The SMILES string of the molecule is CCc1cccc(OCCCOc2cccc(N)c2)c1. The number of hydrogen-bond donors (Lipinski definition) is 1. The highest BCUT2D eigenvalue weighted by atomic mass is 16.5. The summed E-state index contributed by atoms with van der Waals surface area (Å²) in [5.74, 6) is 1.73. The van der Waals surface area contributed by atoms with Gasteiger partial charge in [-0.2, -0.15) is 0 Å². The Morgan fingerprint density at radius 3 is 2.20 bits per heavy atom. The van der Waals surface area contributed by atoms with Gasteiger partial charge in [0.25, 0.3) is 0 Å². The quantitative estimate of drug-likeness (QED) is 0.617. The molecule has 0 unspecified atom stereocenters. The van der Waals surface area contributed by atoms with Crippen LogP contribution in [-0.2, 0) is 6.42 Å². The molecule has 2 aromatic rings. The molecule has 0 aliphatic heterocycles. The van der Waals surface area contributed by atoms with Gasteiger partial charge < -0.3 is 15.2 Å². The fraction of sp³-hybridized carbons (Fsp3) is 0.294. The Morgan fingerprint density at radius 1 is 0.900 bits per heavy atom. The Balaban J connectivity index is 1.68. The van der Waals surface area contributed by atoms with Gasteiger partial charge >= 0.3 is 0 Å². The van der Waals surface area contributed by atoms with Crippen LogP contribution in [0.15, 0.2) is 48.5 Å². The van der Waals surface area contributed by atoms with E-state index in [1.807, 2.05) is 36.4 Å². The van der Waals surface area contributed by atoms with Gasteiger partial charge in [0.1, 0.15) is 11.5 Å². The van der Waals surface area contributed by atoms with Gasteiger partial charge in [-0.3, -0.25) is 0 Å². The van der Waals surface area contributed by atoms with Crippen LogP contribution in [0.4, 0.5) is 5.69 Å². The zero-order chi connectivity index (χ0) is 14.2. The minimum Gasteiger partial charge on any atom is -0.493 e. The van der Waals surface area contributed by atoms with Crippen LogP contribution in [0.25, 0.3) is 0 Å². The second-order valence-electron chi connectivity index (χ2n) is 4.62. The van der Waals surface area contributed by atoms with Crippen molar-refractivity contribution in [3.05, 3.63) is 54.1 Å². The van der Waals surface area contributed by atoms with E-state index in [0.29, 0.717) is 13.2 Å². The summed E-state index contributed by atoms with van der Waals surface area (Å²) in [7, 11) is 0. The van der Waals surface area contributed by atoms with Crippen molar-refractivity contribution in [3.63, 3.8) is 0 Å². The second-order valence-corrected chi connectivity index (χ2v) is 4.62. The molecule has 20 heavy (non-hydrogen) atoms. The lowest BCUT2D eigenvalue weighted by molar-refractivity contribution is 0.247. The molecule has 106 valence electrons. The Labute approximate surface area is 120 Å². The predicted octanol–water partition coefficient (Wildman–Crippen LogP) is 3.68. The summed E-state index contributed by atoms with van der Waals surface area (Å²) in [6.45, 7) is 3.41. The molecule has 0 atom stereocenters. The summed E-state index contributed by atoms with van der Waals surface area (Å²) in [5, 5.41) is 0. The minimum absolute atomic E-state index is 0.622. The number of ether oxygens (including phenoxy) is 2. The molecule has 0 aliphatic carbocycles. The van der Waals surface area contributed by atoms with Crippen LogP contribution in [-0.4, -0.2) is 13.2 Å². The number of rotatable bonds is 7. The maximum absolute atomic E-state index is 5.71. The first-order valence-corrected chi connectivity index (χ1v) is 6.98. The molecule has 3 heteroatoms. The summed E-state index contributed by atoms with van der Waals surface area (Å²) in [4.78, 5) is 0. The first-order chi connectivity index (χ1) is 9.78. The molecule has 2 rings (SSSR count). The van der Waals surface area contributed by atoms with Gasteiger partial charge in [-0.25, -0.2) is 0 Å². The monoisotopic (exact) mass is 271 g/mol. The van der Waals surface area contributed by atoms with Crippen molar-refractivity contribution in [1.29, 1.82) is 0 Å². The van der Waals surface area contributed by atoms with Crippen LogP contribution in [0.5, 0.6) is 11.5 Å². The van der Waals surface area contributed by atoms with E-state index in [-0.39, 0.29) is 0 Å². The third-order valence-electron chi connectivity index (χ3n) is 2.99. The van der Waals surface area contributed by atoms with Crippen molar-refractivity contribution in [2.75, 3.05) is 18.9 Å². The molecule has 0 spiro atoms. The summed E-state index contributed by atoms with van der Waals surface area (Å²) in [6.07, 6.45) is 1.86. The number of hydrogen-bond acceptors (Lipinski definition) is 3. The van der Waals surface area contributed by atoms with E-state index < -0.39 is 0 Å². The lowest BCUT2D eigenvalue weighted by Gasteiger charge is -2.09. The zero-order valence-corrected chi connectivity index (χ0v) is 11.8. The molecule has 3 nitrogen and oxygen atoms in total. The average Bonchev–Trinajstić information content (AvgIpc) is 2.47. The summed E-state index contributed by atoms with van der Waals surface area (Å²) in [5.41, 5.74) is 7.70. The largest absolute Gasteiger partial charge is 0.493 e. The van der Waals surface area contributed by atoms with Crippen LogP contribution in [0.3, 0.4) is 0 Å². The third-order valence-corrected chi connectivity index (χ3v) is 2.99. The van der Waals surface area contributed by atoms with Crippen molar-refractivity contribution in [1.82, 2.24) is 0 Å². The van der Waals surface area contributed by atoms with E-state index in [1.165, 1.54) is 5.56 Å². The van der Waals surface area contributed by atoms with Crippen molar-refractivity contribution >= 4 is 5.69 Å². The molecule has 0 amide bonds. The number of aryl methyl sites for hydroxylation is 1. The van der Waals surface area contributed by atoms with Crippen molar-refractivity contribution in [2.45, 2.75) is 19.8 Å². The van der Waals surface area contributed by atoms with E-state index in [1.54, 1.807) is 0 Å². The van der Waals surface area contributed by atoms with E-state index in [4.69, 9.17) is 15.2 Å². The molecule has 0 radical (unpaired) electrons. The minimum atomic E-state index is 0.622. The maximum atomic E-state index is 5.71. The molecule has 0 aliphatic rings. The third kappa shape index (κ3) is 4.50. The van der Waals surface area contributed by atoms with Crippen molar-refractivity contribution in [2.24, 2.45) is 0 Å². The molecule has 0 fully saturated rings. The van der Waals surface area contributed by atoms with Crippen LogP contribution >= 0.6 is 0 Å². The highest BCUT2D eigenvalue weighted by Gasteiger charge is 1.97. The van der Waals surface area contributed by atoms with Crippen LogP contribution in [0.2, 0.25) is 0 Å². The topological polar surface area (TPSA) is 44.5 Å². The van der Waals surface area contributed by atoms with Crippen LogP contribution < -0.4 is 15.2 Å². The second kappa shape index (κ2) is 7.43. The summed E-state index contributed by atoms with van der Waals surface area (Å²) >= 11 is 0. The van der Waals surface area contributed by atoms with E-state index >= 15 is 0 Å². The lowest BCUT2D eigenvalue weighted by Crippen LogP contribution is -2.05. The van der Waals surface area contributed by atoms with Crippen molar-refractivity contribution in [3.8, 4) is 11.5 Å². The van der Waals surface area contributed by atoms with Gasteiger partial charge in [0.15, 0.2) is 0 Å².